The van der Waals surface area contributed by atoms with Gasteiger partial charge in [0.05, 0.1) is 32.9 Å². The summed E-state index contributed by atoms with van der Waals surface area (Å²) in [5, 5.41) is 11.3. The zero-order valence-electron chi connectivity index (χ0n) is 19.4. The molecule has 0 aromatic heterocycles. The number of aliphatic hydroxyl groups is 1. The fourth-order valence-electron chi connectivity index (χ4n) is 4.06. The molecule has 1 atom stereocenters. The molecule has 7 nitrogen and oxygen atoms in total. The number of hydrogen-bond acceptors (Lipinski definition) is 6. The third kappa shape index (κ3) is 3.96. The summed E-state index contributed by atoms with van der Waals surface area (Å²) in [4.78, 5) is 28.0. The number of ketones is 1. The molecule has 1 saturated heterocycles. The lowest BCUT2D eigenvalue weighted by Gasteiger charge is -2.27. The number of ether oxygens (including phenoxy) is 3. The first kappa shape index (κ1) is 22.9. The quantitative estimate of drug-likeness (QED) is 0.328. The number of amides is 1. The molecule has 1 N–H and O–H groups in total. The van der Waals surface area contributed by atoms with Crippen LogP contribution < -0.4 is 19.1 Å². The van der Waals surface area contributed by atoms with Gasteiger partial charge in [-0.3, -0.25) is 14.5 Å². The van der Waals surface area contributed by atoms with E-state index in [-0.39, 0.29) is 11.3 Å². The van der Waals surface area contributed by atoms with Crippen molar-refractivity contribution < 1.29 is 28.9 Å². The lowest BCUT2D eigenvalue weighted by atomic mass is 9.94. The van der Waals surface area contributed by atoms with Crippen molar-refractivity contribution in [2.45, 2.75) is 13.0 Å². The monoisotopic (exact) mass is 459 g/mol. The second-order valence-electron chi connectivity index (χ2n) is 7.84. The van der Waals surface area contributed by atoms with Gasteiger partial charge in [-0.05, 0) is 49.4 Å². The van der Waals surface area contributed by atoms with E-state index in [1.54, 1.807) is 61.7 Å². The number of rotatable bonds is 6. The van der Waals surface area contributed by atoms with Gasteiger partial charge < -0.3 is 19.3 Å². The zero-order valence-corrected chi connectivity index (χ0v) is 19.4. The topological polar surface area (TPSA) is 85.3 Å². The predicted octanol–water partition coefficient (Wildman–Crippen LogP) is 4.65. The van der Waals surface area contributed by atoms with Crippen LogP contribution in [0.1, 0.15) is 22.7 Å². The molecule has 0 radical (unpaired) electrons. The second kappa shape index (κ2) is 9.31. The summed E-state index contributed by atoms with van der Waals surface area (Å²) in [6.07, 6.45) is 0. The molecule has 1 fully saturated rings. The summed E-state index contributed by atoms with van der Waals surface area (Å²) in [6.45, 7) is 1.92. The van der Waals surface area contributed by atoms with Gasteiger partial charge in [0.1, 0.15) is 23.0 Å². The Kier molecular flexibility index (Phi) is 6.27. The SMILES string of the molecule is COc1ccc(N2C(=O)C(=O)C(=C(O)c3ccc(C)cc3)C2c2cc(OC)ccc2OC)cc1. The van der Waals surface area contributed by atoms with E-state index in [0.717, 1.165) is 5.56 Å². The summed E-state index contributed by atoms with van der Waals surface area (Å²) >= 11 is 0. The van der Waals surface area contributed by atoms with E-state index in [1.807, 2.05) is 19.1 Å². The van der Waals surface area contributed by atoms with Crippen molar-refractivity contribution in [3.63, 3.8) is 0 Å². The van der Waals surface area contributed by atoms with Crippen LogP contribution >= 0.6 is 0 Å². The average molecular weight is 459 g/mol. The van der Waals surface area contributed by atoms with Crippen molar-refractivity contribution in [1.29, 1.82) is 0 Å². The van der Waals surface area contributed by atoms with Gasteiger partial charge in [0.15, 0.2) is 0 Å². The fourth-order valence-corrected chi connectivity index (χ4v) is 4.06. The molecule has 174 valence electrons. The Morgan fingerprint density at radius 3 is 2.03 bits per heavy atom. The van der Waals surface area contributed by atoms with Crippen LogP contribution in [0.4, 0.5) is 5.69 Å². The maximum atomic E-state index is 13.3. The summed E-state index contributed by atoms with van der Waals surface area (Å²) in [5.41, 5.74) is 2.38. The van der Waals surface area contributed by atoms with Crippen LogP contribution in [0.3, 0.4) is 0 Å². The molecule has 1 heterocycles. The molecule has 7 heteroatoms. The molecule has 0 bridgehead atoms. The molecule has 0 aliphatic carbocycles. The average Bonchev–Trinajstić information content (AvgIpc) is 3.13. The zero-order chi connectivity index (χ0) is 24.4. The molecule has 1 aliphatic rings. The first-order chi connectivity index (χ1) is 16.4. The van der Waals surface area contributed by atoms with Crippen LogP contribution in [0.15, 0.2) is 72.3 Å². The normalized spacial score (nSPS) is 17.1. The lowest BCUT2D eigenvalue weighted by molar-refractivity contribution is -0.132. The number of nitrogens with zero attached hydrogens (tertiary/aromatic N) is 1. The number of anilines is 1. The third-order valence-electron chi connectivity index (χ3n) is 5.85. The molecule has 1 unspecified atom stereocenters. The highest BCUT2D eigenvalue weighted by atomic mass is 16.5. The minimum Gasteiger partial charge on any atom is -0.507 e. The number of methoxy groups -OCH3 is 3. The van der Waals surface area contributed by atoms with Gasteiger partial charge in [0, 0.05) is 16.8 Å². The molecular weight excluding hydrogens is 434 g/mol. The van der Waals surface area contributed by atoms with E-state index in [1.165, 1.54) is 19.1 Å². The van der Waals surface area contributed by atoms with E-state index in [4.69, 9.17) is 14.2 Å². The van der Waals surface area contributed by atoms with Gasteiger partial charge in [-0.1, -0.05) is 29.8 Å². The van der Waals surface area contributed by atoms with E-state index in [9.17, 15) is 14.7 Å². The van der Waals surface area contributed by atoms with E-state index < -0.39 is 17.7 Å². The number of aryl methyl sites for hydroxylation is 1. The van der Waals surface area contributed by atoms with Crippen LogP contribution in [-0.4, -0.2) is 38.1 Å². The number of carbonyl (C=O) groups excluding carboxylic acids is 2. The molecule has 4 rings (SSSR count). The second-order valence-corrected chi connectivity index (χ2v) is 7.84. The Bertz CT molecular complexity index is 1260. The van der Waals surface area contributed by atoms with Gasteiger partial charge in [-0.25, -0.2) is 0 Å². The van der Waals surface area contributed by atoms with Crippen LogP contribution in [-0.2, 0) is 9.59 Å². The predicted molar refractivity (Wildman–Crippen MR) is 129 cm³/mol. The molecule has 3 aromatic rings. The smallest absolute Gasteiger partial charge is 0.300 e. The summed E-state index contributed by atoms with van der Waals surface area (Å²) in [5.74, 6) is -0.232. The van der Waals surface area contributed by atoms with Gasteiger partial charge >= 0.3 is 0 Å². The first-order valence-corrected chi connectivity index (χ1v) is 10.6. The first-order valence-electron chi connectivity index (χ1n) is 10.6. The number of Topliss-reactive ketones (excluding diaryl/α,β-unsaturated/α-hetero) is 1. The summed E-state index contributed by atoms with van der Waals surface area (Å²) < 4.78 is 16.2. The minimum atomic E-state index is -0.945. The summed E-state index contributed by atoms with van der Waals surface area (Å²) in [6, 6.07) is 18.1. The highest BCUT2D eigenvalue weighted by Crippen LogP contribution is 2.46. The van der Waals surface area contributed by atoms with E-state index in [2.05, 4.69) is 0 Å². The van der Waals surface area contributed by atoms with Gasteiger partial charge in [-0.2, -0.15) is 0 Å². The largest absolute Gasteiger partial charge is 0.507 e. The number of carbonyl (C=O) groups is 2. The van der Waals surface area contributed by atoms with Gasteiger partial charge in [0.25, 0.3) is 11.7 Å². The minimum absolute atomic E-state index is 0.0313. The van der Waals surface area contributed by atoms with Crippen molar-refractivity contribution in [1.82, 2.24) is 0 Å². The Hall–Kier alpha value is -4.26. The van der Waals surface area contributed by atoms with Crippen LogP contribution in [0.5, 0.6) is 17.2 Å². The molecule has 0 saturated carbocycles. The standard InChI is InChI=1S/C27H25NO6/c1-16-5-7-17(8-6-16)25(29)23-24(21-15-20(33-3)13-14-22(21)34-4)28(27(31)26(23)30)18-9-11-19(32-2)12-10-18/h5-15,24,29H,1-4H3. The molecule has 3 aromatic carbocycles. The van der Waals surface area contributed by atoms with E-state index in [0.29, 0.717) is 34.1 Å². The molecule has 1 aliphatic heterocycles. The van der Waals surface area contributed by atoms with E-state index >= 15 is 0 Å². The van der Waals surface area contributed by atoms with Crippen LogP contribution in [0, 0.1) is 6.92 Å². The maximum absolute atomic E-state index is 13.3. The van der Waals surface area contributed by atoms with Crippen molar-refractivity contribution in [3.8, 4) is 17.2 Å². The Morgan fingerprint density at radius 1 is 0.824 bits per heavy atom. The van der Waals surface area contributed by atoms with Crippen molar-refractivity contribution >= 4 is 23.1 Å². The highest BCUT2D eigenvalue weighted by molar-refractivity contribution is 6.51. The molecule has 1 amide bonds. The molecule has 34 heavy (non-hydrogen) atoms. The van der Waals surface area contributed by atoms with Crippen LogP contribution in [0.2, 0.25) is 0 Å². The highest BCUT2D eigenvalue weighted by Gasteiger charge is 2.48. The van der Waals surface area contributed by atoms with Gasteiger partial charge in [0.2, 0.25) is 0 Å². The molecule has 0 spiro atoms. The summed E-state index contributed by atoms with van der Waals surface area (Å²) in [7, 11) is 4.58. The Balaban J connectivity index is 1.99. The Labute approximate surface area is 197 Å². The number of aliphatic hydroxyl groups excluding tert-OH is 1. The maximum Gasteiger partial charge on any atom is 0.300 e. The third-order valence-corrected chi connectivity index (χ3v) is 5.85. The fraction of sp³-hybridized carbons (Fsp3) is 0.185. The van der Waals surface area contributed by atoms with Gasteiger partial charge in [-0.15, -0.1) is 0 Å². The van der Waals surface area contributed by atoms with Crippen molar-refractivity contribution in [3.05, 3.63) is 89.0 Å². The van der Waals surface area contributed by atoms with Crippen molar-refractivity contribution in [2.75, 3.05) is 26.2 Å². The number of benzene rings is 3. The number of hydrogen-bond donors (Lipinski definition) is 1. The van der Waals surface area contributed by atoms with Crippen molar-refractivity contribution in [2.24, 2.45) is 0 Å². The Morgan fingerprint density at radius 2 is 1.44 bits per heavy atom. The lowest BCUT2D eigenvalue weighted by Crippen LogP contribution is -2.29. The molecular formula is C27H25NO6. The van der Waals surface area contributed by atoms with Crippen LogP contribution in [0.25, 0.3) is 5.76 Å².